The number of unbranched alkanes of at least 4 members (excludes halogenated alkanes) is 2. The van der Waals surface area contributed by atoms with Crippen molar-refractivity contribution in [2.24, 2.45) is 0 Å². The van der Waals surface area contributed by atoms with Crippen molar-refractivity contribution in [2.75, 3.05) is 11.9 Å². The average Bonchev–Trinajstić information content (AvgIpc) is 2.30. The molecule has 0 spiro atoms. The first-order chi connectivity index (χ1) is 8.15. The molecule has 0 amide bonds. The molecule has 0 fully saturated rings. The fraction of sp³-hybridized carbons (Fsp3) is 0.364. The van der Waals surface area contributed by atoms with Crippen LogP contribution in [0.25, 0.3) is 0 Å². The molecule has 0 radical (unpaired) electrons. The normalized spacial score (nSPS) is 9.65. The predicted octanol–water partition coefficient (Wildman–Crippen LogP) is 2.86. The van der Waals surface area contributed by atoms with Crippen molar-refractivity contribution in [1.29, 1.82) is 0 Å². The Bertz CT molecular complexity index is 443. The van der Waals surface area contributed by atoms with Crippen molar-refractivity contribution in [3.8, 4) is 12.3 Å². The zero-order valence-corrected chi connectivity index (χ0v) is 9.91. The Morgan fingerprint density at radius 3 is 3.00 bits per heavy atom. The number of nitrogens with one attached hydrogen (secondary N) is 1. The molecule has 1 heterocycles. The van der Waals surface area contributed by atoms with Crippen LogP contribution in [-0.4, -0.2) is 16.5 Å². The molecule has 0 saturated carbocycles. The molecule has 0 aliphatic heterocycles. The Morgan fingerprint density at radius 1 is 1.59 bits per heavy atom. The molecular formula is C11H12ClN3O2. The van der Waals surface area contributed by atoms with Gasteiger partial charge < -0.3 is 5.32 Å². The van der Waals surface area contributed by atoms with Crippen LogP contribution in [0.2, 0.25) is 5.02 Å². The van der Waals surface area contributed by atoms with Crippen LogP contribution < -0.4 is 5.32 Å². The van der Waals surface area contributed by atoms with Crippen LogP contribution in [0.3, 0.4) is 0 Å². The molecule has 17 heavy (non-hydrogen) atoms. The molecule has 1 aromatic rings. The fourth-order valence-electron chi connectivity index (χ4n) is 1.26. The molecule has 1 aromatic heterocycles. The maximum absolute atomic E-state index is 10.7. The van der Waals surface area contributed by atoms with E-state index < -0.39 is 4.92 Å². The molecule has 1 N–H and O–H groups in total. The summed E-state index contributed by atoms with van der Waals surface area (Å²) in [7, 11) is 0. The number of hydrogen-bond acceptors (Lipinski definition) is 4. The molecule has 0 bridgehead atoms. The highest BCUT2D eigenvalue weighted by atomic mass is 35.5. The number of hydrogen-bond donors (Lipinski definition) is 1. The second kappa shape index (κ2) is 6.71. The predicted molar refractivity (Wildman–Crippen MR) is 67.1 cm³/mol. The van der Waals surface area contributed by atoms with Gasteiger partial charge in [0.2, 0.25) is 5.82 Å². The monoisotopic (exact) mass is 253 g/mol. The van der Waals surface area contributed by atoms with Crippen LogP contribution in [0.4, 0.5) is 11.5 Å². The summed E-state index contributed by atoms with van der Waals surface area (Å²) in [5.41, 5.74) is -0.116. The highest BCUT2D eigenvalue weighted by Crippen LogP contribution is 2.24. The Kier molecular flexibility index (Phi) is 5.24. The van der Waals surface area contributed by atoms with Crippen molar-refractivity contribution in [3.63, 3.8) is 0 Å². The number of rotatable bonds is 6. The van der Waals surface area contributed by atoms with Gasteiger partial charge in [0.15, 0.2) is 0 Å². The van der Waals surface area contributed by atoms with E-state index >= 15 is 0 Å². The molecule has 0 saturated heterocycles. The first-order valence-corrected chi connectivity index (χ1v) is 5.50. The quantitative estimate of drug-likeness (QED) is 0.366. The lowest BCUT2D eigenvalue weighted by Crippen LogP contribution is -2.06. The van der Waals surface area contributed by atoms with E-state index in [0.717, 1.165) is 12.8 Å². The third-order valence-electron chi connectivity index (χ3n) is 2.07. The minimum atomic E-state index is -0.511. The number of pyridine rings is 1. The molecule has 0 aliphatic rings. The van der Waals surface area contributed by atoms with Gasteiger partial charge in [0, 0.05) is 25.2 Å². The molecule has 6 heteroatoms. The summed E-state index contributed by atoms with van der Waals surface area (Å²) < 4.78 is 0. The summed E-state index contributed by atoms with van der Waals surface area (Å²) in [5, 5.41) is 13.9. The van der Waals surface area contributed by atoms with Crippen LogP contribution in [0.1, 0.15) is 19.3 Å². The Morgan fingerprint density at radius 2 is 2.35 bits per heavy atom. The maximum Gasteiger partial charge on any atom is 0.312 e. The zero-order chi connectivity index (χ0) is 12.7. The van der Waals surface area contributed by atoms with Crippen LogP contribution in [-0.2, 0) is 0 Å². The number of aromatic nitrogens is 1. The molecule has 0 unspecified atom stereocenters. The maximum atomic E-state index is 10.7. The lowest BCUT2D eigenvalue weighted by Gasteiger charge is -2.05. The second-order valence-corrected chi connectivity index (χ2v) is 3.80. The van der Waals surface area contributed by atoms with Crippen molar-refractivity contribution in [3.05, 3.63) is 27.4 Å². The summed E-state index contributed by atoms with van der Waals surface area (Å²) in [6, 6.07) is 1.28. The van der Waals surface area contributed by atoms with Gasteiger partial charge in [-0.3, -0.25) is 10.1 Å². The molecule has 0 atom stereocenters. The largest absolute Gasteiger partial charge is 0.364 e. The van der Waals surface area contributed by atoms with Gasteiger partial charge in [-0.05, 0) is 12.8 Å². The average molecular weight is 254 g/mol. The third-order valence-corrected chi connectivity index (χ3v) is 2.28. The summed E-state index contributed by atoms with van der Waals surface area (Å²) >= 11 is 5.65. The second-order valence-electron chi connectivity index (χ2n) is 3.37. The molecule has 90 valence electrons. The summed E-state index contributed by atoms with van der Waals surface area (Å²) in [5.74, 6) is 2.77. The van der Waals surface area contributed by atoms with Gasteiger partial charge >= 0.3 is 5.69 Å². The Hall–Kier alpha value is -1.80. The number of anilines is 1. The minimum absolute atomic E-state index is 0.116. The topological polar surface area (TPSA) is 68.1 Å². The smallest absolute Gasteiger partial charge is 0.312 e. The van der Waals surface area contributed by atoms with Crippen LogP contribution in [0.15, 0.2) is 12.3 Å². The number of nitro groups is 1. The summed E-state index contributed by atoms with van der Waals surface area (Å²) in [6.07, 6.45) is 8.91. The van der Waals surface area contributed by atoms with E-state index in [1.54, 1.807) is 0 Å². The van der Waals surface area contributed by atoms with E-state index in [2.05, 4.69) is 16.2 Å². The molecule has 1 rings (SSSR count). The first-order valence-electron chi connectivity index (χ1n) is 5.12. The van der Waals surface area contributed by atoms with Gasteiger partial charge in [-0.2, -0.15) is 0 Å². The molecular weight excluding hydrogens is 242 g/mol. The minimum Gasteiger partial charge on any atom is -0.364 e. The standard InChI is InChI=1S/C11H12ClN3O2/c1-2-3-4-5-6-13-11-10(15(16)17)7-9(12)8-14-11/h1,7-8H,3-6H2,(H,13,14). The van der Waals surface area contributed by atoms with E-state index in [9.17, 15) is 10.1 Å². The number of terminal acetylenes is 1. The van der Waals surface area contributed by atoms with Crippen molar-refractivity contribution in [1.82, 2.24) is 4.98 Å². The van der Waals surface area contributed by atoms with Gasteiger partial charge in [-0.1, -0.05) is 11.6 Å². The van der Waals surface area contributed by atoms with Crippen molar-refractivity contribution >= 4 is 23.1 Å². The zero-order valence-electron chi connectivity index (χ0n) is 9.15. The highest BCUT2D eigenvalue weighted by Gasteiger charge is 2.15. The lowest BCUT2D eigenvalue weighted by molar-refractivity contribution is -0.384. The van der Waals surface area contributed by atoms with E-state index in [-0.39, 0.29) is 16.5 Å². The van der Waals surface area contributed by atoms with Gasteiger partial charge in [0.1, 0.15) is 0 Å². The molecule has 0 aromatic carbocycles. The van der Waals surface area contributed by atoms with E-state index in [1.165, 1.54) is 12.3 Å². The van der Waals surface area contributed by atoms with Crippen LogP contribution in [0, 0.1) is 22.5 Å². The van der Waals surface area contributed by atoms with E-state index in [4.69, 9.17) is 18.0 Å². The van der Waals surface area contributed by atoms with Crippen molar-refractivity contribution in [2.45, 2.75) is 19.3 Å². The summed E-state index contributed by atoms with van der Waals surface area (Å²) in [6.45, 7) is 0.594. The Labute approximate surface area is 104 Å². The van der Waals surface area contributed by atoms with E-state index in [1.807, 2.05) is 0 Å². The van der Waals surface area contributed by atoms with Gasteiger partial charge in [0.05, 0.1) is 9.95 Å². The van der Waals surface area contributed by atoms with Crippen LogP contribution in [0.5, 0.6) is 0 Å². The molecule has 5 nitrogen and oxygen atoms in total. The molecule has 0 aliphatic carbocycles. The van der Waals surface area contributed by atoms with Crippen LogP contribution >= 0.6 is 11.6 Å². The van der Waals surface area contributed by atoms with E-state index in [0.29, 0.717) is 13.0 Å². The van der Waals surface area contributed by atoms with Gasteiger partial charge in [-0.25, -0.2) is 4.98 Å². The summed E-state index contributed by atoms with van der Waals surface area (Å²) in [4.78, 5) is 14.1. The van der Waals surface area contributed by atoms with Gasteiger partial charge in [0.25, 0.3) is 0 Å². The van der Waals surface area contributed by atoms with Gasteiger partial charge in [-0.15, -0.1) is 12.3 Å². The highest BCUT2D eigenvalue weighted by molar-refractivity contribution is 6.30. The Balaban J connectivity index is 2.59. The SMILES string of the molecule is C#CCCCCNc1ncc(Cl)cc1[N+](=O)[O-]. The first kappa shape index (κ1) is 13.3. The fourth-order valence-corrected chi connectivity index (χ4v) is 1.41. The lowest BCUT2D eigenvalue weighted by atomic mass is 10.2. The number of halogens is 1. The number of nitrogens with zero attached hydrogens (tertiary/aromatic N) is 2. The third kappa shape index (κ3) is 4.29. The van der Waals surface area contributed by atoms with Crippen molar-refractivity contribution < 1.29 is 4.92 Å².